The van der Waals surface area contributed by atoms with Crippen LogP contribution < -0.4 is 16.4 Å². The van der Waals surface area contributed by atoms with Crippen LogP contribution >= 0.6 is 11.6 Å². The highest BCUT2D eigenvalue weighted by Crippen LogP contribution is 2.30. The number of halogens is 3. The summed E-state index contributed by atoms with van der Waals surface area (Å²) in [4.78, 5) is 8.78. The Morgan fingerprint density at radius 3 is 2.65 bits per heavy atom. The maximum Gasteiger partial charge on any atom is 0.165 e. The first-order chi connectivity index (χ1) is 15.0. The molecule has 0 amide bonds. The molecule has 0 radical (unpaired) electrons. The number of hydrogen-bond donors (Lipinski definition) is 3. The van der Waals surface area contributed by atoms with Gasteiger partial charge in [0.1, 0.15) is 11.6 Å². The Bertz CT molecular complexity index is 1050. The Labute approximate surface area is 185 Å². The van der Waals surface area contributed by atoms with Gasteiger partial charge in [0.05, 0.1) is 10.7 Å². The van der Waals surface area contributed by atoms with E-state index >= 15 is 0 Å². The Morgan fingerprint density at radius 2 is 1.87 bits per heavy atom. The quantitative estimate of drug-likeness (QED) is 0.477. The van der Waals surface area contributed by atoms with Gasteiger partial charge in [-0.3, -0.25) is 0 Å². The molecule has 1 aliphatic rings. The second-order valence-electron chi connectivity index (χ2n) is 7.82. The molecule has 1 fully saturated rings. The summed E-state index contributed by atoms with van der Waals surface area (Å²) in [5.41, 5.74) is 7.84. The van der Waals surface area contributed by atoms with Gasteiger partial charge in [0.15, 0.2) is 11.6 Å². The number of pyridine rings is 2. The van der Waals surface area contributed by atoms with E-state index in [1.54, 1.807) is 24.4 Å². The largest absolute Gasteiger partial charge is 0.367 e. The lowest BCUT2D eigenvalue weighted by atomic mass is 9.92. The molecular formula is C23H24ClF2N5. The van der Waals surface area contributed by atoms with E-state index in [0.717, 1.165) is 25.7 Å². The summed E-state index contributed by atoms with van der Waals surface area (Å²) in [6.07, 6.45) is 5.52. The van der Waals surface area contributed by atoms with E-state index in [1.165, 1.54) is 18.2 Å². The molecule has 0 bridgehead atoms. The summed E-state index contributed by atoms with van der Waals surface area (Å²) in [5, 5.41) is 6.79. The van der Waals surface area contributed by atoms with Crippen LogP contribution in [-0.2, 0) is 6.54 Å². The molecule has 0 aliphatic heterocycles. The number of hydrogen-bond acceptors (Lipinski definition) is 5. The molecule has 5 nitrogen and oxygen atoms in total. The van der Waals surface area contributed by atoms with Gasteiger partial charge >= 0.3 is 0 Å². The number of benzene rings is 1. The predicted molar refractivity (Wildman–Crippen MR) is 120 cm³/mol. The van der Waals surface area contributed by atoms with Gasteiger partial charge < -0.3 is 16.4 Å². The first-order valence-electron chi connectivity index (χ1n) is 10.3. The van der Waals surface area contributed by atoms with Crippen molar-refractivity contribution >= 4 is 23.2 Å². The summed E-state index contributed by atoms with van der Waals surface area (Å²) in [6, 6.07) is 11.4. The fraction of sp³-hybridized carbons (Fsp3) is 0.304. The van der Waals surface area contributed by atoms with Crippen LogP contribution in [0, 0.1) is 11.6 Å². The molecular weight excluding hydrogens is 420 g/mol. The van der Waals surface area contributed by atoms with Crippen molar-refractivity contribution in [3.8, 4) is 11.3 Å². The minimum atomic E-state index is -0.498. The van der Waals surface area contributed by atoms with Crippen molar-refractivity contribution in [2.75, 3.05) is 10.6 Å². The topological polar surface area (TPSA) is 75.9 Å². The van der Waals surface area contributed by atoms with Crippen LogP contribution in [0.5, 0.6) is 0 Å². The van der Waals surface area contributed by atoms with Crippen LogP contribution in [0.1, 0.15) is 31.2 Å². The molecule has 0 spiro atoms. The summed E-state index contributed by atoms with van der Waals surface area (Å²) >= 11 is 6.37. The standard InChI is InChI=1S/C23H24ClF2N5/c24-19-13-28-22(30-17-6-4-16(27)5-7-17)11-18(19)21-9-8-20(26)23(31-21)29-12-14-2-1-3-15(25)10-14/h1-3,8-11,13,16-17H,4-7,12,27H2,(H,28,30)(H,29,31). The average molecular weight is 444 g/mol. The maximum absolute atomic E-state index is 14.3. The van der Waals surface area contributed by atoms with Gasteiger partial charge in [0.25, 0.3) is 0 Å². The second kappa shape index (κ2) is 9.58. The molecule has 0 saturated heterocycles. The van der Waals surface area contributed by atoms with Crippen molar-refractivity contribution in [2.45, 2.75) is 44.3 Å². The summed E-state index contributed by atoms with van der Waals surface area (Å²) in [6.45, 7) is 0.242. The highest BCUT2D eigenvalue weighted by molar-refractivity contribution is 6.33. The molecule has 4 N–H and O–H groups in total. The predicted octanol–water partition coefficient (Wildman–Crippen LogP) is 5.37. The molecule has 162 valence electrons. The molecule has 3 aromatic rings. The van der Waals surface area contributed by atoms with Gasteiger partial charge in [-0.05, 0) is 61.6 Å². The van der Waals surface area contributed by atoms with E-state index in [-0.39, 0.29) is 24.2 Å². The third kappa shape index (κ3) is 5.48. The second-order valence-corrected chi connectivity index (χ2v) is 8.22. The van der Waals surface area contributed by atoms with Crippen LogP contribution in [0.2, 0.25) is 5.02 Å². The van der Waals surface area contributed by atoms with Crippen LogP contribution in [0.25, 0.3) is 11.3 Å². The monoisotopic (exact) mass is 443 g/mol. The minimum absolute atomic E-state index is 0.0745. The van der Waals surface area contributed by atoms with Crippen molar-refractivity contribution in [2.24, 2.45) is 5.73 Å². The maximum atomic E-state index is 14.3. The lowest BCUT2D eigenvalue weighted by Crippen LogP contribution is -2.33. The molecule has 31 heavy (non-hydrogen) atoms. The van der Waals surface area contributed by atoms with Gasteiger partial charge in [-0.1, -0.05) is 23.7 Å². The van der Waals surface area contributed by atoms with E-state index in [1.807, 2.05) is 6.07 Å². The molecule has 0 unspecified atom stereocenters. The zero-order valence-corrected chi connectivity index (χ0v) is 17.7. The number of nitrogens with zero attached hydrogens (tertiary/aromatic N) is 2. The zero-order chi connectivity index (χ0) is 21.8. The SMILES string of the molecule is NC1CCC(Nc2cc(-c3ccc(F)c(NCc4cccc(F)c4)n3)c(Cl)cn2)CC1. The molecule has 0 atom stereocenters. The van der Waals surface area contributed by atoms with E-state index in [0.29, 0.717) is 33.7 Å². The van der Waals surface area contributed by atoms with Gasteiger partial charge in [-0.15, -0.1) is 0 Å². The van der Waals surface area contributed by atoms with Crippen molar-refractivity contribution in [3.63, 3.8) is 0 Å². The highest BCUT2D eigenvalue weighted by atomic mass is 35.5. The summed E-state index contributed by atoms with van der Waals surface area (Å²) in [7, 11) is 0. The fourth-order valence-corrected chi connectivity index (χ4v) is 3.94. The molecule has 1 aliphatic carbocycles. The number of aromatic nitrogens is 2. The molecule has 1 aromatic carbocycles. The van der Waals surface area contributed by atoms with Crippen LogP contribution in [0.15, 0.2) is 48.7 Å². The van der Waals surface area contributed by atoms with Crippen molar-refractivity contribution in [3.05, 3.63) is 70.9 Å². The average Bonchev–Trinajstić information content (AvgIpc) is 2.76. The van der Waals surface area contributed by atoms with Gasteiger partial charge in [-0.25, -0.2) is 18.7 Å². The van der Waals surface area contributed by atoms with Crippen LogP contribution in [0.4, 0.5) is 20.4 Å². The third-order valence-corrected chi connectivity index (χ3v) is 5.75. The van der Waals surface area contributed by atoms with E-state index in [4.69, 9.17) is 17.3 Å². The molecule has 2 heterocycles. The van der Waals surface area contributed by atoms with E-state index < -0.39 is 5.82 Å². The number of nitrogens with one attached hydrogen (secondary N) is 2. The molecule has 4 rings (SSSR count). The van der Waals surface area contributed by atoms with Crippen LogP contribution in [0.3, 0.4) is 0 Å². The molecule has 8 heteroatoms. The Balaban J connectivity index is 1.52. The normalized spacial score (nSPS) is 18.6. The summed E-state index contributed by atoms with van der Waals surface area (Å²) < 4.78 is 27.7. The Morgan fingerprint density at radius 1 is 1.06 bits per heavy atom. The summed E-state index contributed by atoms with van der Waals surface area (Å²) in [5.74, 6) is -0.0714. The highest BCUT2D eigenvalue weighted by Gasteiger charge is 2.19. The fourth-order valence-electron chi connectivity index (χ4n) is 3.74. The number of rotatable bonds is 6. The zero-order valence-electron chi connectivity index (χ0n) is 16.9. The lowest BCUT2D eigenvalue weighted by molar-refractivity contribution is 0.410. The van der Waals surface area contributed by atoms with Crippen molar-refractivity contribution < 1.29 is 8.78 Å². The van der Waals surface area contributed by atoms with Gasteiger partial charge in [-0.2, -0.15) is 0 Å². The molecule has 1 saturated carbocycles. The Kier molecular flexibility index (Phi) is 6.63. The molecule has 2 aromatic heterocycles. The van der Waals surface area contributed by atoms with E-state index in [2.05, 4.69) is 20.6 Å². The first-order valence-corrected chi connectivity index (χ1v) is 10.7. The number of anilines is 2. The smallest absolute Gasteiger partial charge is 0.165 e. The van der Waals surface area contributed by atoms with Crippen molar-refractivity contribution in [1.82, 2.24) is 9.97 Å². The third-order valence-electron chi connectivity index (χ3n) is 5.45. The Hall–Kier alpha value is -2.77. The minimum Gasteiger partial charge on any atom is -0.367 e. The van der Waals surface area contributed by atoms with E-state index in [9.17, 15) is 8.78 Å². The van der Waals surface area contributed by atoms with Crippen molar-refractivity contribution in [1.29, 1.82) is 0 Å². The lowest BCUT2D eigenvalue weighted by Gasteiger charge is -2.27. The number of nitrogens with two attached hydrogens (primary N) is 1. The first kappa shape index (κ1) is 21.5. The van der Waals surface area contributed by atoms with Gasteiger partial charge in [0.2, 0.25) is 0 Å². The van der Waals surface area contributed by atoms with Gasteiger partial charge in [0, 0.05) is 30.4 Å². The van der Waals surface area contributed by atoms with Crippen LogP contribution in [-0.4, -0.2) is 22.1 Å².